The highest BCUT2D eigenvalue weighted by atomic mass is 16.5. The molecule has 0 N–H and O–H groups in total. The number of methoxy groups -OCH3 is 1. The summed E-state index contributed by atoms with van der Waals surface area (Å²) in [5.74, 6) is 0.830. The molecule has 0 atom stereocenters. The maximum absolute atomic E-state index is 13.5. The molecule has 5 aromatic rings. The van der Waals surface area contributed by atoms with E-state index in [-0.39, 0.29) is 0 Å². The van der Waals surface area contributed by atoms with Crippen LogP contribution in [0.15, 0.2) is 97.1 Å². The highest BCUT2D eigenvalue weighted by molar-refractivity contribution is 6.06. The number of carbonyl (C=O) groups excluding carboxylic acids is 1. The lowest BCUT2D eigenvalue weighted by Gasteiger charge is -2.13. The Balaban J connectivity index is 1.49. The van der Waals surface area contributed by atoms with E-state index < -0.39 is 5.97 Å². The van der Waals surface area contributed by atoms with Crippen LogP contribution in [0, 0.1) is 13.8 Å². The molecule has 0 amide bonds. The Bertz CT molecular complexity index is 1540. The van der Waals surface area contributed by atoms with Crippen molar-refractivity contribution in [3.05, 3.63) is 125 Å². The predicted octanol–water partition coefficient (Wildman–Crippen LogP) is 7.34. The second-order valence-corrected chi connectivity index (χ2v) is 8.96. The summed E-state index contributed by atoms with van der Waals surface area (Å²) in [7, 11) is 1.63. The van der Waals surface area contributed by atoms with Crippen LogP contribution in [0.5, 0.6) is 11.5 Å². The van der Waals surface area contributed by atoms with Crippen LogP contribution < -0.4 is 9.47 Å². The number of carbonyl (C=O) groups is 1. The van der Waals surface area contributed by atoms with Gasteiger partial charge in [-0.15, -0.1) is 0 Å². The highest BCUT2D eigenvalue weighted by Gasteiger charge is 2.18. The first kappa shape index (κ1) is 23.3. The van der Waals surface area contributed by atoms with Gasteiger partial charge in [0.15, 0.2) is 0 Å². The first-order valence-electron chi connectivity index (χ1n) is 11.9. The molecule has 5 rings (SSSR count). The number of fused-ring (bicyclic) bond motifs is 1. The fraction of sp³-hybridized carbons (Fsp3) is 0.125. The molecule has 0 radical (unpaired) electrons. The molecule has 4 aromatic carbocycles. The average Bonchev–Trinajstić information content (AvgIpc) is 2.90. The number of pyridine rings is 1. The normalized spacial score (nSPS) is 10.9. The molecular formula is C32H27NO3. The topological polar surface area (TPSA) is 48.4 Å². The van der Waals surface area contributed by atoms with E-state index in [2.05, 4.69) is 18.2 Å². The number of aryl methyl sites for hydroxylation is 2. The first-order chi connectivity index (χ1) is 17.5. The summed E-state index contributed by atoms with van der Waals surface area (Å²) in [4.78, 5) is 18.4. The van der Waals surface area contributed by atoms with Gasteiger partial charge in [0, 0.05) is 10.9 Å². The third kappa shape index (κ3) is 4.98. The summed E-state index contributed by atoms with van der Waals surface area (Å²) >= 11 is 0. The Morgan fingerprint density at radius 2 is 1.53 bits per heavy atom. The van der Waals surface area contributed by atoms with Gasteiger partial charge in [-0.3, -0.25) is 0 Å². The standard InChI is InChI=1S/C32H27NO3/c1-21-16-22(2)31-28(17-21)29(20-30(33-31)25-10-7-11-27(19-25)35-3)32(34)36-26-14-12-24(13-15-26)18-23-8-5-4-6-9-23/h4-17,19-20H,18H2,1-3H3. The first-order valence-corrected chi connectivity index (χ1v) is 11.9. The van der Waals surface area contributed by atoms with Crippen LogP contribution in [0.4, 0.5) is 0 Å². The molecule has 0 saturated heterocycles. The Morgan fingerprint density at radius 3 is 2.28 bits per heavy atom. The minimum absolute atomic E-state index is 0.410. The number of benzene rings is 4. The molecule has 0 saturated carbocycles. The number of esters is 1. The molecule has 0 aliphatic rings. The number of nitrogens with zero attached hydrogens (tertiary/aromatic N) is 1. The van der Waals surface area contributed by atoms with E-state index in [4.69, 9.17) is 14.5 Å². The molecule has 178 valence electrons. The third-order valence-corrected chi connectivity index (χ3v) is 6.22. The summed E-state index contributed by atoms with van der Waals surface area (Å²) in [6.45, 7) is 4.03. The summed E-state index contributed by atoms with van der Waals surface area (Å²) in [6.07, 6.45) is 0.826. The van der Waals surface area contributed by atoms with Crippen molar-refractivity contribution >= 4 is 16.9 Å². The molecular weight excluding hydrogens is 446 g/mol. The molecule has 0 fully saturated rings. The van der Waals surface area contributed by atoms with Crippen molar-refractivity contribution in [2.75, 3.05) is 7.11 Å². The second kappa shape index (κ2) is 10.0. The lowest BCUT2D eigenvalue weighted by Crippen LogP contribution is -2.10. The van der Waals surface area contributed by atoms with Crippen molar-refractivity contribution in [3.8, 4) is 22.8 Å². The Kier molecular flexibility index (Phi) is 6.50. The van der Waals surface area contributed by atoms with Crippen LogP contribution in [-0.4, -0.2) is 18.1 Å². The summed E-state index contributed by atoms with van der Waals surface area (Å²) in [6, 6.07) is 31.5. The minimum Gasteiger partial charge on any atom is -0.497 e. The van der Waals surface area contributed by atoms with Gasteiger partial charge in [0.25, 0.3) is 0 Å². The van der Waals surface area contributed by atoms with Crippen LogP contribution in [0.25, 0.3) is 22.2 Å². The van der Waals surface area contributed by atoms with E-state index in [1.165, 1.54) is 5.56 Å². The van der Waals surface area contributed by atoms with Gasteiger partial charge in [-0.25, -0.2) is 9.78 Å². The highest BCUT2D eigenvalue weighted by Crippen LogP contribution is 2.30. The quantitative estimate of drug-likeness (QED) is 0.191. The number of hydrogen-bond acceptors (Lipinski definition) is 4. The average molecular weight is 474 g/mol. The Morgan fingerprint density at radius 1 is 0.778 bits per heavy atom. The number of aromatic nitrogens is 1. The van der Waals surface area contributed by atoms with Gasteiger partial charge in [0.1, 0.15) is 11.5 Å². The minimum atomic E-state index is -0.410. The fourth-order valence-electron chi connectivity index (χ4n) is 4.45. The largest absolute Gasteiger partial charge is 0.497 e. The van der Waals surface area contributed by atoms with Gasteiger partial charge >= 0.3 is 5.97 Å². The number of ether oxygens (including phenoxy) is 2. The zero-order valence-corrected chi connectivity index (χ0v) is 20.6. The lowest BCUT2D eigenvalue weighted by molar-refractivity contribution is 0.0737. The van der Waals surface area contributed by atoms with Crippen LogP contribution in [0.2, 0.25) is 0 Å². The van der Waals surface area contributed by atoms with Crippen molar-refractivity contribution in [2.24, 2.45) is 0 Å². The summed E-state index contributed by atoms with van der Waals surface area (Å²) in [5.41, 5.74) is 7.30. The third-order valence-electron chi connectivity index (χ3n) is 6.22. The molecule has 0 bridgehead atoms. The van der Waals surface area contributed by atoms with Crippen LogP contribution in [0.3, 0.4) is 0 Å². The summed E-state index contributed by atoms with van der Waals surface area (Å²) < 4.78 is 11.2. The second-order valence-electron chi connectivity index (χ2n) is 8.96. The molecule has 0 spiro atoms. The van der Waals surface area contributed by atoms with E-state index in [1.807, 2.05) is 92.7 Å². The van der Waals surface area contributed by atoms with Crippen molar-refractivity contribution in [1.29, 1.82) is 0 Å². The maximum atomic E-state index is 13.5. The van der Waals surface area contributed by atoms with Gasteiger partial charge in [-0.2, -0.15) is 0 Å². The maximum Gasteiger partial charge on any atom is 0.344 e. The number of hydrogen-bond donors (Lipinski definition) is 0. The molecule has 0 aliphatic carbocycles. The van der Waals surface area contributed by atoms with Crippen molar-refractivity contribution < 1.29 is 14.3 Å². The molecule has 0 aliphatic heterocycles. The van der Waals surface area contributed by atoms with Gasteiger partial charge in [0.05, 0.1) is 23.9 Å². The van der Waals surface area contributed by atoms with Crippen LogP contribution in [-0.2, 0) is 6.42 Å². The van der Waals surface area contributed by atoms with Gasteiger partial charge in [-0.1, -0.05) is 66.2 Å². The van der Waals surface area contributed by atoms with E-state index >= 15 is 0 Å². The summed E-state index contributed by atoms with van der Waals surface area (Å²) in [5, 5.41) is 0.782. The molecule has 1 heterocycles. The Hall–Kier alpha value is -4.44. The predicted molar refractivity (Wildman–Crippen MR) is 144 cm³/mol. The molecule has 0 unspecified atom stereocenters. The van der Waals surface area contributed by atoms with Gasteiger partial charge in [-0.05, 0) is 73.4 Å². The fourth-order valence-corrected chi connectivity index (χ4v) is 4.45. The lowest BCUT2D eigenvalue weighted by atomic mass is 9.99. The van der Waals surface area contributed by atoms with Gasteiger partial charge < -0.3 is 9.47 Å². The van der Waals surface area contributed by atoms with Crippen molar-refractivity contribution in [3.63, 3.8) is 0 Å². The van der Waals surface area contributed by atoms with Crippen molar-refractivity contribution in [1.82, 2.24) is 4.98 Å². The van der Waals surface area contributed by atoms with Crippen LogP contribution >= 0.6 is 0 Å². The zero-order chi connectivity index (χ0) is 25.1. The molecule has 36 heavy (non-hydrogen) atoms. The van der Waals surface area contributed by atoms with Crippen molar-refractivity contribution in [2.45, 2.75) is 20.3 Å². The van der Waals surface area contributed by atoms with Gasteiger partial charge in [0.2, 0.25) is 0 Å². The SMILES string of the molecule is COc1cccc(-c2cc(C(=O)Oc3ccc(Cc4ccccc4)cc3)c3cc(C)cc(C)c3n2)c1. The van der Waals surface area contributed by atoms with E-state index in [0.29, 0.717) is 17.0 Å². The van der Waals surface area contributed by atoms with E-state index in [0.717, 1.165) is 45.3 Å². The molecule has 4 nitrogen and oxygen atoms in total. The monoisotopic (exact) mass is 473 g/mol. The number of rotatable bonds is 6. The van der Waals surface area contributed by atoms with Crippen LogP contribution in [0.1, 0.15) is 32.6 Å². The molecule has 1 aromatic heterocycles. The zero-order valence-electron chi connectivity index (χ0n) is 20.6. The van der Waals surface area contributed by atoms with E-state index in [9.17, 15) is 4.79 Å². The molecule has 4 heteroatoms. The Labute approximate surface area is 211 Å². The smallest absolute Gasteiger partial charge is 0.344 e. The van der Waals surface area contributed by atoms with E-state index in [1.54, 1.807) is 7.11 Å².